The van der Waals surface area contributed by atoms with E-state index in [1.165, 1.54) is 0 Å². The van der Waals surface area contributed by atoms with Gasteiger partial charge in [0.25, 0.3) is 0 Å². The smallest absolute Gasteiger partial charge is 0.208 e. The molecule has 0 unspecified atom stereocenters. The summed E-state index contributed by atoms with van der Waals surface area (Å²) in [5.74, 6) is 2.77. The van der Waals surface area contributed by atoms with Gasteiger partial charge in [-0.05, 0) is 104 Å². The van der Waals surface area contributed by atoms with Gasteiger partial charge in [-0.25, -0.2) is 0 Å². The number of ether oxygens (including phenoxy) is 4. The van der Waals surface area contributed by atoms with E-state index in [0.29, 0.717) is 11.5 Å². The minimum Gasteiger partial charge on any atom is -0.483 e. The number of benzene rings is 3. The molecule has 3 aromatic rings. The highest BCUT2D eigenvalue weighted by molar-refractivity contribution is 6.06. The Labute approximate surface area is 256 Å². The monoisotopic (exact) mass is 578 g/mol. The van der Waals surface area contributed by atoms with Crippen LogP contribution in [0.1, 0.15) is 134 Å². The van der Waals surface area contributed by atoms with Crippen molar-refractivity contribution in [2.24, 2.45) is 0 Å². The van der Waals surface area contributed by atoms with Crippen molar-refractivity contribution < 1.29 is 18.9 Å². The van der Waals surface area contributed by atoms with Crippen LogP contribution in [0.25, 0.3) is 21.5 Å². The molecule has 0 aliphatic rings. The maximum atomic E-state index is 7.06. The molecule has 0 aliphatic carbocycles. The maximum absolute atomic E-state index is 7.06. The summed E-state index contributed by atoms with van der Waals surface area (Å²) in [5, 5.41) is 4.28. The van der Waals surface area contributed by atoms with E-state index in [1.807, 2.05) is 0 Å². The molecule has 0 saturated heterocycles. The molecule has 3 aromatic carbocycles. The fourth-order valence-corrected chi connectivity index (χ4v) is 6.17. The summed E-state index contributed by atoms with van der Waals surface area (Å²) >= 11 is 0. The van der Waals surface area contributed by atoms with E-state index in [2.05, 4.69) is 119 Å². The zero-order valence-corrected chi connectivity index (χ0v) is 28.8. The molecule has 0 atom stereocenters. The van der Waals surface area contributed by atoms with Gasteiger partial charge in [-0.1, -0.05) is 77.6 Å². The minimum absolute atomic E-state index is 0.402. The summed E-state index contributed by atoms with van der Waals surface area (Å²) in [7, 11) is 0. The Morgan fingerprint density at radius 2 is 0.690 bits per heavy atom. The summed E-state index contributed by atoms with van der Waals surface area (Å²) in [6, 6.07) is 13.0. The summed E-state index contributed by atoms with van der Waals surface area (Å²) in [6.45, 7) is 26.1. The SMILES string of the molecule is CCCC(C)(C)Oc1c(OC(C)(C)CCC)c(OC(C)(C)CCC)c2cc3ccccc3cc2c1OC(C)(C)CCC. The third-order valence-electron chi connectivity index (χ3n) is 7.92. The predicted octanol–water partition coefficient (Wildman–Crippen LogP) is 11.8. The standard InChI is InChI=1S/C38H58O4/c1-13-21-35(5,6)39-31-29-25-27-19-17-18-20-28(27)26-30(29)32(40-36(7,8)22-14-2)34(42-38(11,12)24-16-4)33(31)41-37(9,10)23-15-3/h17-20,25-26H,13-16,21-24H2,1-12H3. The predicted molar refractivity (Wildman–Crippen MR) is 180 cm³/mol. The van der Waals surface area contributed by atoms with E-state index in [4.69, 9.17) is 18.9 Å². The molecular formula is C38H58O4. The van der Waals surface area contributed by atoms with E-state index < -0.39 is 22.4 Å². The molecule has 4 nitrogen and oxygen atoms in total. The van der Waals surface area contributed by atoms with Crippen molar-refractivity contribution in [2.75, 3.05) is 0 Å². The Balaban J connectivity index is 2.56. The minimum atomic E-state index is -0.435. The van der Waals surface area contributed by atoms with Crippen LogP contribution in [0.15, 0.2) is 36.4 Å². The lowest BCUT2D eigenvalue weighted by atomic mass is 9.97. The number of fused-ring (bicyclic) bond motifs is 2. The second kappa shape index (κ2) is 13.3. The summed E-state index contributed by atoms with van der Waals surface area (Å²) in [4.78, 5) is 0. The third kappa shape index (κ3) is 8.48. The average Bonchev–Trinajstić information content (AvgIpc) is 2.86. The van der Waals surface area contributed by atoms with E-state index in [9.17, 15) is 0 Å². The van der Waals surface area contributed by atoms with Crippen LogP contribution in [-0.2, 0) is 0 Å². The molecule has 3 rings (SSSR count). The average molecular weight is 579 g/mol. The first-order chi connectivity index (χ1) is 19.6. The van der Waals surface area contributed by atoms with Gasteiger partial charge in [0.1, 0.15) is 22.4 Å². The van der Waals surface area contributed by atoms with Crippen molar-refractivity contribution in [1.82, 2.24) is 0 Å². The Bertz CT molecular complexity index is 1230. The Hall–Kier alpha value is -2.62. The summed E-state index contributed by atoms with van der Waals surface area (Å²) in [6.07, 6.45) is 7.68. The van der Waals surface area contributed by atoms with Crippen LogP contribution >= 0.6 is 0 Å². The third-order valence-corrected chi connectivity index (χ3v) is 7.92. The topological polar surface area (TPSA) is 36.9 Å². The first kappa shape index (κ1) is 33.9. The second-order valence-electron chi connectivity index (χ2n) is 14.5. The highest BCUT2D eigenvalue weighted by Crippen LogP contribution is 2.56. The Morgan fingerprint density at radius 1 is 0.429 bits per heavy atom. The highest BCUT2D eigenvalue weighted by Gasteiger charge is 2.36. The fourth-order valence-electron chi connectivity index (χ4n) is 6.17. The normalized spacial score (nSPS) is 13.0. The van der Waals surface area contributed by atoms with Gasteiger partial charge in [0.2, 0.25) is 11.5 Å². The van der Waals surface area contributed by atoms with Crippen molar-refractivity contribution in [2.45, 2.75) is 157 Å². The molecule has 0 spiro atoms. The Kier molecular flexibility index (Phi) is 10.8. The molecule has 0 saturated carbocycles. The van der Waals surface area contributed by atoms with Crippen LogP contribution in [0.4, 0.5) is 0 Å². The molecule has 0 fully saturated rings. The lowest BCUT2D eigenvalue weighted by molar-refractivity contribution is 0.0422. The fraction of sp³-hybridized carbons (Fsp3) is 0.632. The molecule has 42 heavy (non-hydrogen) atoms. The molecule has 0 heterocycles. The quantitative estimate of drug-likeness (QED) is 0.158. The van der Waals surface area contributed by atoms with E-state index in [1.54, 1.807) is 0 Å². The van der Waals surface area contributed by atoms with Crippen molar-refractivity contribution in [3.8, 4) is 23.0 Å². The molecule has 0 N–H and O–H groups in total. The van der Waals surface area contributed by atoms with Gasteiger partial charge >= 0.3 is 0 Å². The van der Waals surface area contributed by atoms with Crippen LogP contribution in [0.5, 0.6) is 23.0 Å². The highest BCUT2D eigenvalue weighted by atomic mass is 16.6. The van der Waals surface area contributed by atoms with Gasteiger partial charge in [-0.3, -0.25) is 0 Å². The zero-order valence-electron chi connectivity index (χ0n) is 28.8. The van der Waals surface area contributed by atoms with E-state index >= 15 is 0 Å². The van der Waals surface area contributed by atoms with Gasteiger partial charge in [-0.2, -0.15) is 0 Å². The lowest BCUT2D eigenvalue weighted by Gasteiger charge is -2.37. The molecule has 0 aromatic heterocycles. The second-order valence-corrected chi connectivity index (χ2v) is 14.5. The van der Waals surface area contributed by atoms with Crippen LogP contribution in [0.2, 0.25) is 0 Å². The first-order valence-corrected chi connectivity index (χ1v) is 16.4. The van der Waals surface area contributed by atoms with Crippen molar-refractivity contribution >= 4 is 21.5 Å². The zero-order chi connectivity index (χ0) is 31.3. The number of hydrogen-bond donors (Lipinski definition) is 0. The van der Waals surface area contributed by atoms with Gasteiger partial charge < -0.3 is 18.9 Å². The van der Waals surface area contributed by atoms with Crippen molar-refractivity contribution in [1.29, 1.82) is 0 Å². The summed E-state index contributed by atoms with van der Waals surface area (Å²) in [5.41, 5.74) is -1.67. The molecule has 0 amide bonds. The van der Waals surface area contributed by atoms with Crippen molar-refractivity contribution in [3.05, 3.63) is 36.4 Å². The van der Waals surface area contributed by atoms with Gasteiger partial charge in [0, 0.05) is 10.8 Å². The number of rotatable bonds is 16. The maximum Gasteiger partial charge on any atom is 0.208 e. The molecule has 4 heteroatoms. The first-order valence-electron chi connectivity index (χ1n) is 16.4. The molecule has 0 bridgehead atoms. The molecule has 234 valence electrons. The van der Waals surface area contributed by atoms with Crippen LogP contribution in [0, 0.1) is 0 Å². The lowest BCUT2D eigenvalue weighted by Crippen LogP contribution is -2.34. The Morgan fingerprint density at radius 3 is 0.952 bits per heavy atom. The number of hydrogen-bond acceptors (Lipinski definition) is 4. The summed E-state index contributed by atoms with van der Waals surface area (Å²) < 4.78 is 28.2. The van der Waals surface area contributed by atoms with Gasteiger partial charge in [-0.15, -0.1) is 0 Å². The van der Waals surface area contributed by atoms with Gasteiger partial charge in [0.05, 0.1) is 0 Å². The molecule has 0 radical (unpaired) electrons. The van der Waals surface area contributed by atoms with Crippen LogP contribution in [-0.4, -0.2) is 22.4 Å². The van der Waals surface area contributed by atoms with Gasteiger partial charge in [0.15, 0.2) is 11.5 Å². The van der Waals surface area contributed by atoms with E-state index in [-0.39, 0.29) is 0 Å². The van der Waals surface area contributed by atoms with E-state index in [0.717, 1.165) is 84.4 Å². The van der Waals surface area contributed by atoms with Crippen molar-refractivity contribution in [3.63, 3.8) is 0 Å². The molecule has 0 aliphatic heterocycles. The van der Waals surface area contributed by atoms with Crippen LogP contribution in [0.3, 0.4) is 0 Å². The largest absolute Gasteiger partial charge is 0.483 e. The van der Waals surface area contributed by atoms with Crippen LogP contribution < -0.4 is 18.9 Å². The molecular weight excluding hydrogens is 520 g/mol.